The average Bonchev–Trinajstić information content (AvgIpc) is 3.36. The second kappa shape index (κ2) is 8.75. The van der Waals surface area contributed by atoms with Crippen LogP contribution < -0.4 is 11.2 Å². The minimum atomic E-state index is -0.618. The molecule has 13 heteroatoms. The molecule has 0 unspecified atom stereocenters. The number of amides is 1. The number of ether oxygens (including phenoxy) is 1. The van der Waals surface area contributed by atoms with Gasteiger partial charge in [0.05, 0.1) is 25.1 Å². The van der Waals surface area contributed by atoms with Crippen LogP contribution in [0.4, 0.5) is 10.2 Å². The van der Waals surface area contributed by atoms with Gasteiger partial charge in [-0.05, 0) is 16.4 Å². The minimum absolute atomic E-state index is 0.00709. The predicted molar refractivity (Wildman–Crippen MR) is 101 cm³/mol. The van der Waals surface area contributed by atoms with Gasteiger partial charge in [-0.15, -0.1) is 5.10 Å². The maximum atomic E-state index is 13.7. The molecule has 0 atom stereocenters. The van der Waals surface area contributed by atoms with E-state index < -0.39 is 11.7 Å². The number of carbonyl (C=O) groups excluding carboxylic acids is 1. The van der Waals surface area contributed by atoms with E-state index in [1.165, 1.54) is 23.0 Å². The van der Waals surface area contributed by atoms with E-state index in [1.807, 2.05) is 0 Å². The third-order valence-corrected chi connectivity index (χ3v) is 4.43. The van der Waals surface area contributed by atoms with Crippen LogP contribution in [-0.4, -0.2) is 68.6 Å². The first-order chi connectivity index (χ1) is 14.6. The molecule has 1 saturated heterocycles. The van der Waals surface area contributed by atoms with E-state index in [0.29, 0.717) is 38.5 Å². The molecule has 1 aliphatic heterocycles. The molecule has 3 aromatic rings. The van der Waals surface area contributed by atoms with Crippen molar-refractivity contribution in [3.63, 3.8) is 0 Å². The van der Waals surface area contributed by atoms with Crippen molar-refractivity contribution in [3.8, 4) is 5.82 Å². The number of nitrogens with two attached hydrogens (primary N) is 1. The Morgan fingerprint density at radius 2 is 2.10 bits per heavy atom. The molecule has 3 heterocycles. The monoisotopic (exact) mass is 415 g/mol. The van der Waals surface area contributed by atoms with Crippen molar-refractivity contribution in [2.45, 2.75) is 6.54 Å². The van der Waals surface area contributed by atoms with Crippen molar-refractivity contribution in [2.75, 3.05) is 32.0 Å². The van der Waals surface area contributed by atoms with Crippen LogP contribution in [0.15, 0.2) is 34.0 Å². The smallest absolute Gasteiger partial charge is 0.293 e. The molecule has 2 aromatic heterocycles. The highest BCUT2D eigenvalue weighted by molar-refractivity contribution is 5.94. The Morgan fingerprint density at radius 3 is 2.83 bits per heavy atom. The number of anilines is 1. The topological polar surface area (TPSA) is 150 Å². The fourth-order valence-electron chi connectivity index (χ4n) is 2.89. The van der Waals surface area contributed by atoms with Gasteiger partial charge in [-0.1, -0.05) is 23.4 Å². The third kappa shape index (κ3) is 4.16. The zero-order valence-electron chi connectivity index (χ0n) is 15.7. The Labute approximate surface area is 169 Å². The van der Waals surface area contributed by atoms with Crippen molar-refractivity contribution in [1.82, 2.24) is 35.6 Å². The van der Waals surface area contributed by atoms with Crippen molar-refractivity contribution >= 4 is 17.9 Å². The van der Waals surface area contributed by atoms with Crippen LogP contribution in [0.2, 0.25) is 0 Å². The molecule has 1 aromatic carbocycles. The first-order valence-electron chi connectivity index (χ1n) is 9.04. The van der Waals surface area contributed by atoms with E-state index in [4.69, 9.17) is 10.5 Å². The summed E-state index contributed by atoms with van der Waals surface area (Å²) in [4.78, 5) is 14.8. The number of hydrazone groups is 1. The third-order valence-electron chi connectivity index (χ3n) is 4.43. The van der Waals surface area contributed by atoms with Gasteiger partial charge >= 0.3 is 0 Å². The highest BCUT2D eigenvalue weighted by atomic mass is 19.1. The van der Waals surface area contributed by atoms with Crippen molar-refractivity contribution in [1.29, 1.82) is 0 Å². The molecule has 30 heavy (non-hydrogen) atoms. The summed E-state index contributed by atoms with van der Waals surface area (Å²) in [7, 11) is 0. The first kappa shape index (κ1) is 19.6. The summed E-state index contributed by atoms with van der Waals surface area (Å²) in [6.45, 7) is 2.82. The summed E-state index contributed by atoms with van der Waals surface area (Å²) in [6.07, 6.45) is 1.21. The Bertz CT molecular complexity index is 1060. The fraction of sp³-hybridized carbons (Fsp3) is 0.294. The summed E-state index contributed by atoms with van der Waals surface area (Å²) in [5, 5.41) is 19.0. The van der Waals surface area contributed by atoms with Gasteiger partial charge in [-0.3, -0.25) is 9.69 Å². The van der Waals surface area contributed by atoms with E-state index in [9.17, 15) is 9.18 Å². The Hall–Kier alpha value is -3.71. The number of nitrogen functional groups attached to an aromatic ring is 1. The van der Waals surface area contributed by atoms with Crippen molar-refractivity contribution in [3.05, 3.63) is 47.0 Å². The van der Waals surface area contributed by atoms with E-state index in [0.717, 1.165) is 0 Å². The molecule has 1 amide bonds. The van der Waals surface area contributed by atoms with Crippen LogP contribution in [0.25, 0.3) is 5.82 Å². The van der Waals surface area contributed by atoms with E-state index in [1.54, 1.807) is 12.1 Å². The van der Waals surface area contributed by atoms with Gasteiger partial charge < -0.3 is 10.5 Å². The standard InChI is InChI=1S/C17H18FN9O3/c18-12-4-2-1-3-11(12)9-20-22-17(28)14-13(10-26-5-7-29-8-6-26)27(25-21-14)16-15(19)23-30-24-16/h1-4,9H,5-8,10H2,(H2,19,23)(H,22,28). The fourth-order valence-corrected chi connectivity index (χ4v) is 2.89. The zero-order valence-corrected chi connectivity index (χ0v) is 15.7. The quantitative estimate of drug-likeness (QED) is 0.418. The van der Waals surface area contributed by atoms with Crippen LogP contribution in [-0.2, 0) is 11.3 Å². The van der Waals surface area contributed by atoms with Gasteiger partial charge in [0, 0.05) is 25.2 Å². The number of halogens is 1. The number of benzene rings is 1. The number of nitrogens with one attached hydrogen (secondary N) is 1. The zero-order chi connectivity index (χ0) is 20.9. The largest absolute Gasteiger partial charge is 0.379 e. The number of aromatic nitrogens is 5. The van der Waals surface area contributed by atoms with Gasteiger partial charge in [0.2, 0.25) is 11.6 Å². The van der Waals surface area contributed by atoms with Crippen LogP contribution in [0.1, 0.15) is 21.7 Å². The number of nitrogens with zero attached hydrogens (tertiary/aromatic N) is 7. The maximum Gasteiger partial charge on any atom is 0.293 e. The number of carbonyl (C=O) groups is 1. The number of hydrogen-bond donors (Lipinski definition) is 2. The highest BCUT2D eigenvalue weighted by Crippen LogP contribution is 2.18. The lowest BCUT2D eigenvalue weighted by atomic mass is 10.2. The molecular formula is C17H18FN9O3. The van der Waals surface area contributed by atoms with E-state index in [2.05, 4.69) is 40.7 Å². The Morgan fingerprint density at radius 1 is 1.30 bits per heavy atom. The maximum absolute atomic E-state index is 13.7. The molecule has 156 valence electrons. The molecule has 0 saturated carbocycles. The lowest BCUT2D eigenvalue weighted by molar-refractivity contribution is 0.0332. The highest BCUT2D eigenvalue weighted by Gasteiger charge is 2.26. The van der Waals surface area contributed by atoms with Gasteiger partial charge in [-0.25, -0.2) is 14.4 Å². The Balaban J connectivity index is 1.58. The molecule has 0 radical (unpaired) electrons. The molecular weight excluding hydrogens is 397 g/mol. The molecule has 12 nitrogen and oxygen atoms in total. The molecule has 0 aliphatic carbocycles. The summed E-state index contributed by atoms with van der Waals surface area (Å²) in [5.74, 6) is -0.942. The predicted octanol–water partition coefficient (Wildman–Crippen LogP) is -0.0323. The summed E-state index contributed by atoms with van der Waals surface area (Å²) < 4.78 is 25.0. The van der Waals surface area contributed by atoms with Crippen LogP contribution in [0.5, 0.6) is 0 Å². The van der Waals surface area contributed by atoms with Crippen LogP contribution in [0.3, 0.4) is 0 Å². The van der Waals surface area contributed by atoms with Crippen molar-refractivity contribution in [2.24, 2.45) is 5.10 Å². The number of rotatable bonds is 6. The minimum Gasteiger partial charge on any atom is -0.379 e. The van der Waals surface area contributed by atoms with E-state index >= 15 is 0 Å². The Kier molecular flexibility index (Phi) is 5.72. The number of hydrogen-bond acceptors (Lipinski definition) is 10. The van der Waals surface area contributed by atoms with E-state index in [-0.39, 0.29) is 22.9 Å². The molecule has 1 fully saturated rings. The normalized spacial score (nSPS) is 15.0. The van der Waals surface area contributed by atoms with Crippen molar-refractivity contribution < 1.29 is 18.6 Å². The van der Waals surface area contributed by atoms with Gasteiger partial charge in [0.1, 0.15) is 5.82 Å². The first-order valence-corrected chi connectivity index (χ1v) is 9.04. The molecule has 1 aliphatic rings. The second-order valence-corrected chi connectivity index (χ2v) is 6.38. The molecule has 3 N–H and O–H groups in total. The molecule has 4 rings (SSSR count). The molecule has 0 spiro atoms. The summed E-state index contributed by atoms with van der Waals surface area (Å²) in [6, 6.07) is 6.05. The lowest BCUT2D eigenvalue weighted by Crippen LogP contribution is -2.37. The van der Waals surface area contributed by atoms with Gasteiger partial charge in [0.25, 0.3) is 5.91 Å². The van der Waals surface area contributed by atoms with Crippen LogP contribution >= 0.6 is 0 Å². The average molecular weight is 415 g/mol. The van der Waals surface area contributed by atoms with Gasteiger partial charge in [0.15, 0.2) is 5.69 Å². The second-order valence-electron chi connectivity index (χ2n) is 6.38. The molecule has 0 bridgehead atoms. The number of morpholine rings is 1. The summed E-state index contributed by atoms with van der Waals surface area (Å²) in [5.41, 5.74) is 8.79. The summed E-state index contributed by atoms with van der Waals surface area (Å²) >= 11 is 0. The SMILES string of the molecule is Nc1nonc1-n1nnc(C(=O)NN=Cc2ccccc2F)c1CN1CCOCC1. The van der Waals surface area contributed by atoms with Crippen LogP contribution in [0, 0.1) is 5.82 Å². The lowest BCUT2D eigenvalue weighted by Gasteiger charge is -2.26. The van der Waals surface area contributed by atoms with Gasteiger partial charge in [-0.2, -0.15) is 9.78 Å².